The number of benzene rings is 2. The summed E-state index contributed by atoms with van der Waals surface area (Å²) in [5.74, 6) is 0.827. The maximum absolute atomic E-state index is 5.53. The lowest BCUT2D eigenvalue weighted by Gasteiger charge is -2.16. The van der Waals surface area contributed by atoms with Gasteiger partial charge in [-0.15, -0.1) is 0 Å². The molecule has 4 nitrogen and oxygen atoms in total. The third-order valence-electron chi connectivity index (χ3n) is 5.39. The average Bonchev–Trinajstić information content (AvgIpc) is 2.66. The first-order valence-electron chi connectivity index (χ1n) is 10.4. The monoisotopic (exact) mass is 403 g/mol. The number of hydrogen-bond acceptors (Lipinski definition) is 4. The van der Waals surface area contributed by atoms with E-state index in [9.17, 15) is 0 Å². The molecule has 0 amide bonds. The van der Waals surface area contributed by atoms with Gasteiger partial charge in [0.05, 0.1) is 31.6 Å². The van der Waals surface area contributed by atoms with Crippen molar-refractivity contribution in [2.45, 2.75) is 54.6 Å². The number of aryl methyl sites for hydroxylation is 6. The molecule has 2 N–H and O–H groups in total. The van der Waals surface area contributed by atoms with Crippen molar-refractivity contribution < 1.29 is 4.74 Å². The van der Waals surface area contributed by atoms with Crippen LogP contribution in [0.4, 0.5) is 11.4 Å². The zero-order valence-corrected chi connectivity index (χ0v) is 19.2. The zero-order valence-electron chi connectivity index (χ0n) is 19.2. The van der Waals surface area contributed by atoms with Gasteiger partial charge in [0.1, 0.15) is 5.75 Å². The van der Waals surface area contributed by atoms with Crippen LogP contribution in [0.15, 0.2) is 36.4 Å². The van der Waals surface area contributed by atoms with Crippen LogP contribution in [0, 0.1) is 41.5 Å². The summed E-state index contributed by atoms with van der Waals surface area (Å²) in [7, 11) is 1.70. The molecule has 0 spiro atoms. The number of ether oxygens (including phenoxy) is 1. The van der Waals surface area contributed by atoms with Crippen molar-refractivity contribution in [1.82, 2.24) is 4.98 Å². The molecular weight excluding hydrogens is 370 g/mol. The first-order chi connectivity index (χ1) is 14.3. The van der Waals surface area contributed by atoms with Crippen molar-refractivity contribution in [2.75, 3.05) is 17.7 Å². The molecule has 1 heterocycles. The van der Waals surface area contributed by atoms with Gasteiger partial charge in [0.15, 0.2) is 0 Å². The van der Waals surface area contributed by atoms with E-state index in [2.05, 4.69) is 76.4 Å². The molecule has 3 rings (SSSR count). The van der Waals surface area contributed by atoms with Crippen LogP contribution in [0.25, 0.3) is 0 Å². The molecule has 0 aliphatic carbocycles. The molecule has 3 aromatic rings. The number of hydrogen-bond donors (Lipinski definition) is 2. The SMILES string of the molecule is COc1cc(CNc2c(C)cc(C)cc2C)nc(CNc2c(C)cc(C)cc2C)c1. The summed E-state index contributed by atoms with van der Waals surface area (Å²) < 4.78 is 5.53. The number of pyridine rings is 1. The molecule has 30 heavy (non-hydrogen) atoms. The van der Waals surface area contributed by atoms with Crippen molar-refractivity contribution in [3.8, 4) is 5.75 Å². The third-order valence-corrected chi connectivity index (χ3v) is 5.39. The maximum atomic E-state index is 5.53. The van der Waals surface area contributed by atoms with Gasteiger partial charge >= 0.3 is 0 Å². The summed E-state index contributed by atoms with van der Waals surface area (Å²) in [6, 6.07) is 12.8. The molecule has 0 atom stereocenters. The largest absolute Gasteiger partial charge is 0.497 e. The van der Waals surface area contributed by atoms with Gasteiger partial charge in [-0.2, -0.15) is 0 Å². The minimum Gasteiger partial charge on any atom is -0.497 e. The van der Waals surface area contributed by atoms with Crippen molar-refractivity contribution in [2.24, 2.45) is 0 Å². The van der Waals surface area contributed by atoms with Gasteiger partial charge < -0.3 is 15.4 Å². The summed E-state index contributed by atoms with van der Waals surface area (Å²) in [5.41, 5.74) is 11.8. The number of rotatable bonds is 7. The highest BCUT2D eigenvalue weighted by Crippen LogP contribution is 2.25. The molecular formula is C26H33N3O. The maximum Gasteiger partial charge on any atom is 0.122 e. The van der Waals surface area contributed by atoms with Crippen molar-refractivity contribution in [1.29, 1.82) is 0 Å². The first kappa shape index (κ1) is 21.7. The fourth-order valence-corrected chi connectivity index (χ4v) is 4.19. The Balaban J connectivity index is 1.77. The van der Waals surface area contributed by atoms with Crippen LogP contribution in [0.1, 0.15) is 44.8 Å². The predicted molar refractivity (Wildman–Crippen MR) is 127 cm³/mol. The highest BCUT2D eigenvalue weighted by molar-refractivity contribution is 5.59. The number of methoxy groups -OCH3 is 1. The minimum atomic E-state index is 0.650. The van der Waals surface area contributed by atoms with Crippen LogP contribution in [0.5, 0.6) is 5.75 Å². The van der Waals surface area contributed by atoms with Gasteiger partial charge in [-0.25, -0.2) is 0 Å². The minimum absolute atomic E-state index is 0.650. The molecule has 1 aromatic heterocycles. The van der Waals surface area contributed by atoms with Crippen LogP contribution in [-0.4, -0.2) is 12.1 Å². The van der Waals surface area contributed by atoms with Crippen LogP contribution in [0.2, 0.25) is 0 Å². The van der Waals surface area contributed by atoms with Crippen LogP contribution in [-0.2, 0) is 13.1 Å². The van der Waals surface area contributed by atoms with Crippen LogP contribution < -0.4 is 15.4 Å². The fraction of sp³-hybridized carbons (Fsp3) is 0.346. The first-order valence-corrected chi connectivity index (χ1v) is 10.4. The van der Waals surface area contributed by atoms with Gasteiger partial charge in [-0.05, 0) is 63.8 Å². The lowest BCUT2D eigenvalue weighted by Crippen LogP contribution is -2.09. The van der Waals surface area contributed by atoms with Crippen LogP contribution >= 0.6 is 0 Å². The number of anilines is 2. The molecule has 158 valence electrons. The van der Waals surface area contributed by atoms with E-state index in [1.54, 1.807) is 7.11 Å². The Labute approximate surface area is 180 Å². The van der Waals surface area contributed by atoms with Gasteiger partial charge in [0.25, 0.3) is 0 Å². The van der Waals surface area contributed by atoms with Crippen molar-refractivity contribution >= 4 is 11.4 Å². The van der Waals surface area contributed by atoms with Gasteiger partial charge in [0.2, 0.25) is 0 Å². The normalized spacial score (nSPS) is 10.8. The zero-order chi connectivity index (χ0) is 21.8. The van der Waals surface area contributed by atoms with E-state index in [4.69, 9.17) is 9.72 Å². The van der Waals surface area contributed by atoms with Crippen LogP contribution in [0.3, 0.4) is 0 Å². The Morgan fingerprint density at radius 2 is 1.00 bits per heavy atom. The van der Waals surface area contributed by atoms with E-state index in [0.29, 0.717) is 13.1 Å². The lowest BCUT2D eigenvalue weighted by molar-refractivity contribution is 0.413. The summed E-state index contributed by atoms with van der Waals surface area (Å²) in [6.07, 6.45) is 0. The van der Waals surface area contributed by atoms with Crippen molar-refractivity contribution in [3.63, 3.8) is 0 Å². The standard InChI is InChI=1S/C26H33N3O/c1-16-8-18(3)25(19(4)9-16)27-14-22-12-24(30-7)13-23(29-22)15-28-26-20(5)10-17(2)11-21(26)6/h8-13,27-28H,14-15H2,1-7H3. The van der Waals surface area contributed by atoms with E-state index in [-0.39, 0.29) is 0 Å². The topological polar surface area (TPSA) is 46.2 Å². The summed E-state index contributed by atoms with van der Waals surface area (Å²) in [6.45, 7) is 14.1. The molecule has 0 aliphatic rings. The molecule has 4 heteroatoms. The molecule has 2 aromatic carbocycles. The average molecular weight is 404 g/mol. The lowest BCUT2D eigenvalue weighted by atomic mass is 10.0. The van der Waals surface area contributed by atoms with Crippen molar-refractivity contribution in [3.05, 3.63) is 81.2 Å². The summed E-state index contributed by atoms with van der Waals surface area (Å²) >= 11 is 0. The Morgan fingerprint density at radius 3 is 1.33 bits per heavy atom. The van der Waals surface area contributed by atoms with E-state index in [1.165, 1.54) is 44.8 Å². The summed E-state index contributed by atoms with van der Waals surface area (Å²) in [4.78, 5) is 4.86. The predicted octanol–water partition coefficient (Wildman–Crippen LogP) is 6.16. The van der Waals surface area contributed by atoms with Gasteiger partial charge in [0, 0.05) is 23.5 Å². The second-order valence-corrected chi connectivity index (χ2v) is 8.24. The Hall–Kier alpha value is -3.01. The quantitative estimate of drug-likeness (QED) is 0.495. The van der Waals surface area contributed by atoms with E-state index < -0.39 is 0 Å². The number of nitrogens with one attached hydrogen (secondary N) is 2. The van der Waals surface area contributed by atoms with Gasteiger partial charge in [-0.3, -0.25) is 4.98 Å². The summed E-state index contributed by atoms with van der Waals surface area (Å²) in [5, 5.41) is 7.13. The Bertz CT molecular complexity index is 930. The third kappa shape index (κ3) is 5.12. The van der Waals surface area contributed by atoms with E-state index >= 15 is 0 Å². The second-order valence-electron chi connectivity index (χ2n) is 8.24. The molecule has 0 saturated carbocycles. The highest BCUT2D eigenvalue weighted by Gasteiger charge is 2.09. The molecule has 0 fully saturated rings. The second kappa shape index (κ2) is 9.21. The Kier molecular flexibility index (Phi) is 6.66. The smallest absolute Gasteiger partial charge is 0.122 e. The molecule has 0 saturated heterocycles. The molecule has 0 radical (unpaired) electrons. The number of nitrogens with zero attached hydrogens (tertiary/aromatic N) is 1. The molecule has 0 bridgehead atoms. The molecule has 0 unspecified atom stereocenters. The van der Waals surface area contributed by atoms with E-state index in [1.807, 2.05) is 12.1 Å². The van der Waals surface area contributed by atoms with Gasteiger partial charge in [-0.1, -0.05) is 35.4 Å². The fourth-order valence-electron chi connectivity index (χ4n) is 4.19. The Morgan fingerprint density at radius 1 is 0.633 bits per heavy atom. The number of aromatic nitrogens is 1. The highest BCUT2D eigenvalue weighted by atomic mass is 16.5. The molecule has 0 aliphatic heterocycles. The van der Waals surface area contributed by atoms with E-state index in [0.717, 1.165) is 17.1 Å².